The van der Waals surface area contributed by atoms with Crippen LogP contribution in [0.3, 0.4) is 0 Å². The molecular formula is C19H17FN2O3S2. The number of sulfonamides is 1. The predicted molar refractivity (Wildman–Crippen MR) is 102 cm³/mol. The lowest BCUT2D eigenvalue weighted by Gasteiger charge is -2.20. The number of para-hydroxylation sites is 1. The highest BCUT2D eigenvalue weighted by atomic mass is 32.2. The minimum atomic E-state index is -3.72. The van der Waals surface area contributed by atoms with Crippen LogP contribution in [0.4, 0.5) is 4.39 Å². The molecule has 5 nitrogen and oxygen atoms in total. The van der Waals surface area contributed by atoms with Gasteiger partial charge in [0.1, 0.15) is 22.7 Å². The van der Waals surface area contributed by atoms with Gasteiger partial charge < -0.3 is 4.74 Å². The number of nitrogens with zero attached hydrogens (tertiary/aromatic N) is 2. The van der Waals surface area contributed by atoms with Crippen molar-refractivity contribution in [2.75, 3.05) is 6.54 Å². The van der Waals surface area contributed by atoms with Gasteiger partial charge in [0.15, 0.2) is 4.21 Å². The van der Waals surface area contributed by atoms with Gasteiger partial charge in [0, 0.05) is 17.7 Å². The summed E-state index contributed by atoms with van der Waals surface area (Å²) in [5.74, 6) is 0.361. The maximum atomic E-state index is 13.2. The van der Waals surface area contributed by atoms with Crippen LogP contribution in [0.2, 0.25) is 0 Å². The lowest BCUT2D eigenvalue weighted by atomic mass is 10.2. The van der Waals surface area contributed by atoms with Crippen LogP contribution in [-0.2, 0) is 16.6 Å². The van der Waals surface area contributed by atoms with E-state index in [0.29, 0.717) is 16.3 Å². The van der Waals surface area contributed by atoms with Crippen molar-refractivity contribution >= 4 is 21.4 Å². The van der Waals surface area contributed by atoms with Crippen LogP contribution in [-0.4, -0.2) is 30.4 Å². The first-order valence-corrected chi connectivity index (χ1v) is 10.7. The van der Waals surface area contributed by atoms with Gasteiger partial charge in [0.25, 0.3) is 10.0 Å². The Morgan fingerprint density at radius 1 is 1.19 bits per heavy atom. The molecule has 1 aliphatic heterocycles. The summed E-state index contributed by atoms with van der Waals surface area (Å²) in [7, 11) is -3.72. The van der Waals surface area contributed by atoms with Crippen LogP contribution in [0, 0.1) is 5.82 Å². The number of benzene rings is 2. The SMILES string of the molecule is CC1CN(S(=O)(=O)c2cnc(-c3ccc(F)cc3)s2)Cc2ccccc2O1. The Labute approximate surface area is 161 Å². The summed E-state index contributed by atoms with van der Waals surface area (Å²) in [6, 6.07) is 13.3. The molecule has 1 unspecified atom stereocenters. The summed E-state index contributed by atoms with van der Waals surface area (Å²) < 4.78 is 46.9. The maximum absolute atomic E-state index is 13.2. The van der Waals surface area contributed by atoms with Crippen molar-refractivity contribution in [3.63, 3.8) is 0 Å². The largest absolute Gasteiger partial charge is 0.489 e. The topological polar surface area (TPSA) is 59.5 Å². The zero-order valence-electron chi connectivity index (χ0n) is 14.5. The molecule has 2 heterocycles. The molecule has 1 aliphatic rings. The molecule has 140 valence electrons. The molecule has 0 fully saturated rings. The van der Waals surface area contributed by atoms with Gasteiger partial charge in [0.2, 0.25) is 0 Å². The molecule has 27 heavy (non-hydrogen) atoms. The summed E-state index contributed by atoms with van der Waals surface area (Å²) >= 11 is 1.08. The Balaban J connectivity index is 1.66. The van der Waals surface area contributed by atoms with Crippen molar-refractivity contribution in [2.24, 2.45) is 0 Å². The van der Waals surface area contributed by atoms with Crippen molar-refractivity contribution in [1.82, 2.24) is 9.29 Å². The quantitative estimate of drug-likeness (QED) is 0.664. The van der Waals surface area contributed by atoms with Crippen molar-refractivity contribution in [1.29, 1.82) is 0 Å². The molecule has 0 saturated heterocycles. The lowest BCUT2D eigenvalue weighted by Crippen LogP contribution is -2.35. The third kappa shape index (κ3) is 3.60. The van der Waals surface area contributed by atoms with Crippen molar-refractivity contribution in [2.45, 2.75) is 23.8 Å². The molecule has 1 aromatic heterocycles. The van der Waals surface area contributed by atoms with Crippen LogP contribution in [0.5, 0.6) is 5.75 Å². The molecule has 3 aromatic rings. The average molecular weight is 404 g/mol. The monoisotopic (exact) mass is 404 g/mol. The minimum Gasteiger partial charge on any atom is -0.489 e. The van der Waals surface area contributed by atoms with Crippen LogP contribution >= 0.6 is 11.3 Å². The lowest BCUT2D eigenvalue weighted by molar-refractivity contribution is 0.201. The minimum absolute atomic E-state index is 0.161. The van der Waals surface area contributed by atoms with Crippen molar-refractivity contribution < 1.29 is 17.5 Å². The zero-order valence-corrected chi connectivity index (χ0v) is 16.1. The van der Waals surface area contributed by atoms with Crippen LogP contribution in [0.25, 0.3) is 10.6 Å². The van der Waals surface area contributed by atoms with Crippen LogP contribution < -0.4 is 4.74 Å². The molecule has 0 aliphatic carbocycles. The maximum Gasteiger partial charge on any atom is 0.254 e. The van der Waals surface area contributed by atoms with E-state index in [2.05, 4.69) is 4.98 Å². The predicted octanol–water partition coefficient (Wildman–Crippen LogP) is 3.92. The highest BCUT2D eigenvalue weighted by Crippen LogP contribution is 2.33. The first kappa shape index (κ1) is 18.1. The summed E-state index contributed by atoms with van der Waals surface area (Å²) in [6.45, 7) is 2.34. The Kier molecular flexibility index (Phi) is 4.71. The van der Waals surface area contributed by atoms with Crippen molar-refractivity contribution in [3.05, 3.63) is 66.1 Å². The number of fused-ring (bicyclic) bond motifs is 1. The second kappa shape index (κ2) is 7.03. The molecule has 2 aromatic carbocycles. The molecule has 0 saturated carbocycles. The highest BCUT2D eigenvalue weighted by molar-refractivity contribution is 7.91. The Hall–Kier alpha value is -2.29. The van der Waals surface area contributed by atoms with E-state index in [1.165, 1.54) is 22.6 Å². The smallest absolute Gasteiger partial charge is 0.254 e. The van der Waals surface area contributed by atoms with Gasteiger partial charge in [-0.25, -0.2) is 17.8 Å². The van der Waals surface area contributed by atoms with Gasteiger partial charge in [-0.1, -0.05) is 18.2 Å². The van der Waals surface area contributed by atoms with E-state index in [4.69, 9.17) is 4.74 Å². The number of hydrogen-bond donors (Lipinski definition) is 0. The fourth-order valence-electron chi connectivity index (χ4n) is 2.96. The third-order valence-electron chi connectivity index (χ3n) is 4.28. The molecule has 4 rings (SSSR count). The van der Waals surface area contributed by atoms with E-state index >= 15 is 0 Å². The highest BCUT2D eigenvalue weighted by Gasteiger charge is 2.31. The van der Waals surface area contributed by atoms with Crippen molar-refractivity contribution in [3.8, 4) is 16.3 Å². The fourth-order valence-corrected chi connectivity index (χ4v) is 5.74. The van der Waals surface area contributed by atoms with Crippen LogP contribution in [0.1, 0.15) is 12.5 Å². The molecule has 0 spiro atoms. The molecule has 0 N–H and O–H groups in total. The average Bonchev–Trinajstić information content (AvgIpc) is 3.07. The fraction of sp³-hybridized carbons (Fsp3) is 0.211. The Morgan fingerprint density at radius 3 is 2.70 bits per heavy atom. The zero-order chi connectivity index (χ0) is 19.0. The van der Waals surface area contributed by atoms with Gasteiger partial charge >= 0.3 is 0 Å². The second-order valence-electron chi connectivity index (χ2n) is 6.33. The number of rotatable bonds is 3. The molecule has 0 amide bonds. The molecule has 1 atom stereocenters. The summed E-state index contributed by atoms with van der Waals surface area (Å²) in [5.41, 5.74) is 1.51. The number of thiazole rings is 1. The number of halogens is 1. The second-order valence-corrected chi connectivity index (χ2v) is 9.52. The van der Waals surface area contributed by atoms with E-state index in [-0.39, 0.29) is 29.2 Å². The number of hydrogen-bond acceptors (Lipinski definition) is 5. The van der Waals surface area contributed by atoms with Gasteiger partial charge in [-0.3, -0.25) is 0 Å². The third-order valence-corrected chi connectivity index (χ3v) is 7.57. The normalized spacial score (nSPS) is 17.8. The molecule has 8 heteroatoms. The first-order chi connectivity index (χ1) is 12.9. The van der Waals surface area contributed by atoms with E-state index < -0.39 is 10.0 Å². The van der Waals surface area contributed by atoms with Gasteiger partial charge in [-0.05, 0) is 37.3 Å². The summed E-state index contributed by atoms with van der Waals surface area (Å²) in [6.07, 6.45) is 1.09. The summed E-state index contributed by atoms with van der Waals surface area (Å²) in [5, 5.41) is 0.535. The Morgan fingerprint density at radius 2 is 1.93 bits per heavy atom. The van der Waals surface area contributed by atoms with Gasteiger partial charge in [-0.2, -0.15) is 4.31 Å². The van der Waals surface area contributed by atoms with E-state index in [9.17, 15) is 12.8 Å². The van der Waals surface area contributed by atoms with E-state index in [1.54, 1.807) is 12.1 Å². The van der Waals surface area contributed by atoms with Gasteiger partial charge in [0.05, 0.1) is 12.7 Å². The Bertz CT molecular complexity index is 1060. The molecule has 0 bridgehead atoms. The van der Waals surface area contributed by atoms with Crippen LogP contribution in [0.15, 0.2) is 58.9 Å². The number of aromatic nitrogens is 1. The first-order valence-electron chi connectivity index (χ1n) is 8.40. The number of ether oxygens (including phenoxy) is 1. The summed E-state index contributed by atoms with van der Waals surface area (Å²) in [4.78, 5) is 4.22. The molecule has 0 radical (unpaired) electrons. The van der Waals surface area contributed by atoms with E-state index in [1.807, 2.05) is 31.2 Å². The van der Waals surface area contributed by atoms with Gasteiger partial charge in [-0.15, -0.1) is 11.3 Å². The molecular weight excluding hydrogens is 387 g/mol. The van der Waals surface area contributed by atoms with E-state index in [0.717, 1.165) is 16.9 Å². The standard InChI is InChI=1S/C19H17FN2O3S2/c1-13-11-22(12-15-4-2-3-5-17(15)25-13)27(23,24)18-10-21-19(26-18)14-6-8-16(20)9-7-14/h2-10,13H,11-12H2,1H3.